The van der Waals surface area contributed by atoms with Crippen molar-refractivity contribution in [2.24, 2.45) is 4.99 Å². The first kappa shape index (κ1) is 17.2. The highest BCUT2D eigenvalue weighted by molar-refractivity contribution is 6.21. The molecule has 0 radical (unpaired) electrons. The zero-order valence-electron chi connectivity index (χ0n) is 14.9. The Bertz CT molecular complexity index is 905. The lowest BCUT2D eigenvalue weighted by Gasteiger charge is -2.14. The van der Waals surface area contributed by atoms with Crippen LogP contribution in [0.5, 0.6) is 0 Å². The Balaban J connectivity index is 2.29. The van der Waals surface area contributed by atoms with E-state index >= 15 is 0 Å². The molecule has 1 aromatic heterocycles. The highest BCUT2D eigenvalue weighted by Gasteiger charge is 2.18. The predicted octanol–water partition coefficient (Wildman–Crippen LogP) is 5.11. The molecule has 0 amide bonds. The van der Waals surface area contributed by atoms with Crippen LogP contribution in [0.15, 0.2) is 59.7 Å². The monoisotopic (exact) mass is 332 g/mol. The van der Waals surface area contributed by atoms with Crippen LogP contribution in [0.4, 0.5) is 0 Å². The third-order valence-electron chi connectivity index (χ3n) is 4.32. The fourth-order valence-electron chi connectivity index (χ4n) is 3.22. The second-order valence-corrected chi connectivity index (χ2v) is 6.19. The molecule has 0 atom stereocenters. The van der Waals surface area contributed by atoms with Gasteiger partial charge in [-0.15, -0.1) is 0 Å². The van der Waals surface area contributed by atoms with Crippen LogP contribution in [0.1, 0.15) is 48.3 Å². The van der Waals surface area contributed by atoms with Gasteiger partial charge in [-0.3, -0.25) is 9.79 Å². The van der Waals surface area contributed by atoms with Crippen molar-refractivity contribution >= 4 is 22.8 Å². The van der Waals surface area contributed by atoms with Crippen molar-refractivity contribution in [3.8, 4) is 0 Å². The molecule has 128 valence electrons. The molecule has 1 heterocycles. The third-order valence-corrected chi connectivity index (χ3v) is 4.32. The van der Waals surface area contributed by atoms with E-state index in [-0.39, 0.29) is 0 Å². The number of benzene rings is 2. The maximum absolute atomic E-state index is 11.6. The van der Waals surface area contributed by atoms with Crippen molar-refractivity contribution in [1.82, 2.24) is 4.57 Å². The minimum atomic E-state index is 0.686. The molecule has 3 aromatic rings. The van der Waals surface area contributed by atoms with Gasteiger partial charge in [0.2, 0.25) is 0 Å². The topological polar surface area (TPSA) is 34.4 Å². The largest absolute Gasteiger partial charge is 0.345 e. The summed E-state index contributed by atoms with van der Waals surface area (Å²) >= 11 is 0. The van der Waals surface area contributed by atoms with Crippen LogP contribution in [0.25, 0.3) is 10.8 Å². The Morgan fingerprint density at radius 1 is 1.04 bits per heavy atom. The molecule has 0 N–H and O–H groups in total. The zero-order valence-corrected chi connectivity index (χ0v) is 14.9. The summed E-state index contributed by atoms with van der Waals surface area (Å²) in [6, 6.07) is 16.1. The lowest BCUT2D eigenvalue weighted by atomic mass is 9.99. The molecular formula is C22H24N2O. The Hall–Kier alpha value is -2.68. The van der Waals surface area contributed by atoms with Gasteiger partial charge in [0.05, 0.1) is 11.4 Å². The van der Waals surface area contributed by atoms with Crippen molar-refractivity contribution in [3.05, 3.63) is 71.5 Å². The molecule has 2 aromatic carbocycles. The number of aliphatic imine (C=N–C) groups is 1. The quantitative estimate of drug-likeness (QED) is 0.437. The predicted molar refractivity (Wildman–Crippen MR) is 105 cm³/mol. The summed E-state index contributed by atoms with van der Waals surface area (Å²) in [7, 11) is 0. The van der Waals surface area contributed by atoms with E-state index in [2.05, 4.69) is 48.9 Å². The SMILES string of the molecule is CCCN=C(c1ccccc1C=O)c1c2ccccc2cn1CCC. The standard InChI is InChI=1S/C22H24N2O/c1-3-13-23-21(19-11-7-6-10-18(19)16-25)22-20-12-8-5-9-17(20)15-24(22)14-4-2/h5-12,15-16H,3-4,13-14H2,1-2H3. The molecule has 0 aliphatic carbocycles. The molecule has 0 saturated carbocycles. The third kappa shape index (κ3) is 3.41. The summed E-state index contributed by atoms with van der Waals surface area (Å²) in [5, 5.41) is 2.39. The van der Waals surface area contributed by atoms with Gasteiger partial charge in [-0.1, -0.05) is 62.4 Å². The number of nitrogens with zero attached hydrogens (tertiary/aromatic N) is 2. The smallest absolute Gasteiger partial charge is 0.150 e. The maximum atomic E-state index is 11.6. The summed E-state index contributed by atoms with van der Waals surface area (Å²) in [5.74, 6) is 0. The molecule has 0 aliphatic rings. The van der Waals surface area contributed by atoms with Gasteiger partial charge in [-0.25, -0.2) is 0 Å². The zero-order chi connectivity index (χ0) is 17.6. The summed E-state index contributed by atoms with van der Waals surface area (Å²) in [5.41, 5.74) is 3.62. The van der Waals surface area contributed by atoms with Gasteiger partial charge in [0.25, 0.3) is 0 Å². The Kier molecular flexibility index (Phi) is 5.44. The van der Waals surface area contributed by atoms with E-state index in [1.54, 1.807) is 0 Å². The minimum Gasteiger partial charge on any atom is -0.345 e. The van der Waals surface area contributed by atoms with Crippen LogP contribution >= 0.6 is 0 Å². The fourth-order valence-corrected chi connectivity index (χ4v) is 3.22. The van der Waals surface area contributed by atoms with Gasteiger partial charge in [0.15, 0.2) is 6.29 Å². The molecular weight excluding hydrogens is 308 g/mol. The highest BCUT2D eigenvalue weighted by Crippen LogP contribution is 2.26. The first-order valence-electron chi connectivity index (χ1n) is 8.97. The van der Waals surface area contributed by atoms with Crippen LogP contribution in [0, 0.1) is 0 Å². The molecule has 0 fully saturated rings. The Labute approximate surface area is 149 Å². The summed E-state index contributed by atoms with van der Waals surface area (Å²) in [4.78, 5) is 16.5. The number of rotatable bonds is 7. The van der Waals surface area contributed by atoms with Crippen molar-refractivity contribution in [2.45, 2.75) is 33.2 Å². The molecule has 0 spiro atoms. The second kappa shape index (κ2) is 7.93. The van der Waals surface area contributed by atoms with Gasteiger partial charge in [0.1, 0.15) is 0 Å². The van der Waals surface area contributed by atoms with Crippen molar-refractivity contribution < 1.29 is 4.79 Å². The molecule has 25 heavy (non-hydrogen) atoms. The lowest BCUT2D eigenvalue weighted by Crippen LogP contribution is -2.14. The van der Waals surface area contributed by atoms with E-state index in [4.69, 9.17) is 4.99 Å². The van der Waals surface area contributed by atoms with Crippen LogP contribution < -0.4 is 0 Å². The number of carbonyl (C=O) groups is 1. The van der Waals surface area contributed by atoms with Crippen molar-refractivity contribution in [3.63, 3.8) is 0 Å². The number of aromatic nitrogens is 1. The first-order valence-corrected chi connectivity index (χ1v) is 8.97. The number of hydrogen-bond acceptors (Lipinski definition) is 2. The Morgan fingerprint density at radius 2 is 1.80 bits per heavy atom. The second-order valence-electron chi connectivity index (χ2n) is 6.19. The number of carbonyl (C=O) groups excluding carboxylic acids is 1. The van der Waals surface area contributed by atoms with E-state index in [1.165, 1.54) is 10.8 Å². The minimum absolute atomic E-state index is 0.686. The van der Waals surface area contributed by atoms with Crippen LogP contribution in [-0.2, 0) is 6.54 Å². The summed E-state index contributed by atoms with van der Waals surface area (Å²) in [6.07, 6.45) is 5.13. The normalized spacial score (nSPS) is 11.8. The maximum Gasteiger partial charge on any atom is 0.150 e. The number of hydrogen-bond donors (Lipinski definition) is 0. The lowest BCUT2D eigenvalue weighted by molar-refractivity contribution is 0.112. The van der Waals surface area contributed by atoms with Gasteiger partial charge in [-0.2, -0.15) is 0 Å². The van der Waals surface area contributed by atoms with Crippen LogP contribution in [0.3, 0.4) is 0 Å². The summed E-state index contributed by atoms with van der Waals surface area (Å²) in [6.45, 7) is 5.97. The van der Waals surface area contributed by atoms with Crippen LogP contribution in [-0.4, -0.2) is 23.1 Å². The molecule has 0 bridgehead atoms. The average Bonchev–Trinajstić information content (AvgIpc) is 3.01. The van der Waals surface area contributed by atoms with E-state index in [0.717, 1.165) is 49.2 Å². The summed E-state index contributed by atoms with van der Waals surface area (Å²) < 4.78 is 2.28. The van der Waals surface area contributed by atoms with Gasteiger partial charge < -0.3 is 4.57 Å². The molecule has 3 heteroatoms. The van der Waals surface area contributed by atoms with E-state index in [1.807, 2.05) is 24.3 Å². The molecule has 0 unspecified atom stereocenters. The van der Waals surface area contributed by atoms with E-state index in [9.17, 15) is 4.79 Å². The van der Waals surface area contributed by atoms with E-state index in [0.29, 0.717) is 5.56 Å². The number of fused-ring (bicyclic) bond motifs is 1. The average molecular weight is 332 g/mol. The van der Waals surface area contributed by atoms with Gasteiger partial charge in [-0.05, 0) is 12.8 Å². The molecule has 0 saturated heterocycles. The Morgan fingerprint density at radius 3 is 2.56 bits per heavy atom. The first-order chi connectivity index (χ1) is 12.3. The molecule has 3 rings (SSSR count). The van der Waals surface area contributed by atoms with Gasteiger partial charge >= 0.3 is 0 Å². The van der Waals surface area contributed by atoms with E-state index < -0.39 is 0 Å². The molecule has 3 nitrogen and oxygen atoms in total. The number of aldehydes is 1. The molecule has 0 aliphatic heterocycles. The highest BCUT2D eigenvalue weighted by atomic mass is 16.1. The van der Waals surface area contributed by atoms with Crippen LogP contribution in [0.2, 0.25) is 0 Å². The van der Waals surface area contributed by atoms with Crippen molar-refractivity contribution in [2.75, 3.05) is 6.54 Å². The number of aryl methyl sites for hydroxylation is 1. The van der Waals surface area contributed by atoms with Gasteiger partial charge in [0, 0.05) is 41.2 Å². The van der Waals surface area contributed by atoms with Crippen molar-refractivity contribution in [1.29, 1.82) is 0 Å². The fraction of sp³-hybridized carbons (Fsp3) is 0.273.